The second-order valence-electron chi connectivity index (χ2n) is 9.19. The molecule has 41 heavy (non-hydrogen) atoms. The number of aromatic carboxylic acids is 1. The third-order valence-electron chi connectivity index (χ3n) is 6.48. The molecule has 0 saturated heterocycles. The van der Waals surface area contributed by atoms with Gasteiger partial charge in [0.05, 0.1) is 38.5 Å². The second-order valence-corrected chi connectivity index (χ2v) is 11.1. The molecule has 8 nitrogen and oxygen atoms in total. The van der Waals surface area contributed by atoms with Gasteiger partial charge in [-0.2, -0.15) is 0 Å². The molecule has 5 rings (SSSR count). The monoisotopic (exact) mass is 632 g/mol. The summed E-state index contributed by atoms with van der Waals surface area (Å²) in [5.74, 6) is -0.868. The van der Waals surface area contributed by atoms with Crippen LogP contribution in [0.2, 0.25) is 0 Å². The van der Waals surface area contributed by atoms with Gasteiger partial charge >= 0.3 is 11.9 Å². The molecule has 1 aliphatic heterocycles. The van der Waals surface area contributed by atoms with Crippen molar-refractivity contribution in [3.8, 4) is 5.75 Å². The predicted molar refractivity (Wildman–Crippen MR) is 159 cm³/mol. The molecule has 0 fully saturated rings. The Bertz CT molecular complexity index is 1840. The maximum atomic E-state index is 13.7. The number of ether oxygens (including phenoxy) is 2. The van der Waals surface area contributed by atoms with Crippen LogP contribution in [0.5, 0.6) is 5.75 Å². The molecule has 208 valence electrons. The smallest absolute Gasteiger partial charge is 0.338 e. The van der Waals surface area contributed by atoms with Gasteiger partial charge in [-0.05, 0) is 76.8 Å². The number of fused-ring (bicyclic) bond motifs is 1. The Kier molecular flexibility index (Phi) is 8.32. The largest absolute Gasteiger partial charge is 0.488 e. The molecule has 10 heteroatoms. The minimum absolute atomic E-state index is 0.215. The van der Waals surface area contributed by atoms with Gasteiger partial charge in [0.15, 0.2) is 4.80 Å². The number of benzene rings is 3. The lowest BCUT2D eigenvalue weighted by atomic mass is 9.96. The first-order chi connectivity index (χ1) is 19.8. The lowest BCUT2D eigenvalue weighted by molar-refractivity contribution is -0.139. The average Bonchev–Trinajstić information content (AvgIpc) is 3.26. The molecular formula is C31H25BrN2O6S. The second kappa shape index (κ2) is 12.1. The molecule has 2 heterocycles. The summed E-state index contributed by atoms with van der Waals surface area (Å²) < 4.78 is 14.0. The van der Waals surface area contributed by atoms with Crippen molar-refractivity contribution in [1.82, 2.24) is 4.57 Å². The van der Waals surface area contributed by atoms with Crippen molar-refractivity contribution in [3.05, 3.63) is 130 Å². The zero-order valence-electron chi connectivity index (χ0n) is 22.2. The van der Waals surface area contributed by atoms with Crippen molar-refractivity contribution in [2.24, 2.45) is 4.99 Å². The van der Waals surface area contributed by atoms with E-state index in [4.69, 9.17) is 14.6 Å². The fourth-order valence-electron chi connectivity index (χ4n) is 4.52. The Hall–Kier alpha value is -4.28. The van der Waals surface area contributed by atoms with E-state index < -0.39 is 18.0 Å². The number of rotatable bonds is 8. The number of esters is 1. The van der Waals surface area contributed by atoms with E-state index in [0.29, 0.717) is 30.8 Å². The quantitative estimate of drug-likeness (QED) is 0.279. The summed E-state index contributed by atoms with van der Waals surface area (Å²) in [6.07, 6.45) is 1.79. The molecule has 0 radical (unpaired) electrons. The molecule has 1 aliphatic rings. The van der Waals surface area contributed by atoms with Crippen LogP contribution in [-0.4, -0.2) is 28.2 Å². The summed E-state index contributed by atoms with van der Waals surface area (Å²) in [6.45, 7) is 3.98. The number of carbonyl (C=O) groups excluding carboxylic acids is 1. The molecule has 4 aromatic rings. The first-order valence-corrected chi connectivity index (χ1v) is 14.4. The third-order valence-corrected chi connectivity index (χ3v) is 8.08. The first kappa shape index (κ1) is 28.3. The Morgan fingerprint density at radius 2 is 1.83 bits per heavy atom. The van der Waals surface area contributed by atoms with Crippen LogP contribution in [0.25, 0.3) is 6.08 Å². The normalized spacial score (nSPS) is 14.8. The molecule has 0 saturated carbocycles. The van der Waals surface area contributed by atoms with E-state index in [0.717, 1.165) is 16.7 Å². The highest BCUT2D eigenvalue weighted by Gasteiger charge is 2.33. The van der Waals surface area contributed by atoms with Crippen molar-refractivity contribution in [1.29, 1.82) is 0 Å². The lowest BCUT2D eigenvalue weighted by Gasteiger charge is -2.24. The summed E-state index contributed by atoms with van der Waals surface area (Å²) in [7, 11) is 0. The van der Waals surface area contributed by atoms with Crippen LogP contribution in [0.15, 0.2) is 98.3 Å². The average molecular weight is 634 g/mol. The van der Waals surface area contributed by atoms with Gasteiger partial charge in [0, 0.05) is 0 Å². The lowest BCUT2D eigenvalue weighted by Crippen LogP contribution is -2.39. The zero-order chi connectivity index (χ0) is 29.1. The van der Waals surface area contributed by atoms with Gasteiger partial charge in [-0.25, -0.2) is 14.6 Å². The molecule has 0 aliphatic carbocycles. The standard InChI is InChI=1S/C31H25BrN2O6S/c1-3-39-30(38)26-18(2)33-31-34(27(26)21-7-5-4-6-8-21)28(35)25(41-31)16-20-11-14-24(23(32)15-20)40-17-19-9-12-22(13-10-19)29(36)37/h4-16,27H,3,17H2,1-2H3,(H,36,37)/b25-16+/t27-/m1/s1. The van der Waals surface area contributed by atoms with E-state index in [1.165, 1.54) is 23.5 Å². The SMILES string of the molecule is CCOC(=O)C1=C(C)N=c2s/c(=C/c3ccc(OCc4ccc(C(=O)O)cc4)c(Br)c3)c(=O)n2[C@@H]1c1ccccc1. The topological polar surface area (TPSA) is 107 Å². The van der Waals surface area contributed by atoms with Gasteiger partial charge in [0.1, 0.15) is 12.4 Å². The number of allylic oxidation sites excluding steroid dienone is 1. The summed E-state index contributed by atoms with van der Waals surface area (Å²) >= 11 is 4.81. The van der Waals surface area contributed by atoms with Crippen LogP contribution in [-0.2, 0) is 16.1 Å². The van der Waals surface area contributed by atoms with Crippen LogP contribution in [0.3, 0.4) is 0 Å². The van der Waals surface area contributed by atoms with Crippen LogP contribution in [0.1, 0.15) is 46.9 Å². The van der Waals surface area contributed by atoms with Gasteiger partial charge in [0.2, 0.25) is 0 Å². The van der Waals surface area contributed by atoms with Gasteiger partial charge in [-0.3, -0.25) is 9.36 Å². The molecule has 0 unspecified atom stereocenters. The molecule has 0 amide bonds. The summed E-state index contributed by atoms with van der Waals surface area (Å²) in [6, 6.07) is 20.7. The molecule has 1 aromatic heterocycles. The first-order valence-electron chi connectivity index (χ1n) is 12.8. The molecule has 0 bridgehead atoms. The van der Waals surface area contributed by atoms with E-state index in [9.17, 15) is 14.4 Å². The number of hydrogen-bond acceptors (Lipinski definition) is 7. The molecule has 0 spiro atoms. The van der Waals surface area contributed by atoms with Crippen molar-refractivity contribution in [3.63, 3.8) is 0 Å². The van der Waals surface area contributed by atoms with E-state index in [1.807, 2.05) is 42.5 Å². The van der Waals surface area contributed by atoms with E-state index in [2.05, 4.69) is 20.9 Å². The highest BCUT2D eigenvalue weighted by Crippen LogP contribution is 2.31. The van der Waals surface area contributed by atoms with E-state index >= 15 is 0 Å². The van der Waals surface area contributed by atoms with Gasteiger partial charge < -0.3 is 14.6 Å². The number of thiazole rings is 1. The van der Waals surface area contributed by atoms with Crippen molar-refractivity contribution in [2.75, 3.05) is 6.61 Å². The van der Waals surface area contributed by atoms with Crippen LogP contribution < -0.4 is 19.6 Å². The zero-order valence-corrected chi connectivity index (χ0v) is 24.6. The third kappa shape index (κ3) is 5.94. The molecule has 1 N–H and O–H groups in total. The molecule has 1 atom stereocenters. The summed E-state index contributed by atoms with van der Waals surface area (Å²) in [4.78, 5) is 42.9. The predicted octanol–water partition coefficient (Wildman–Crippen LogP) is 4.84. The van der Waals surface area contributed by atoms with Gasteiger partial charge in [-0.1, -0.05) is 59.9 Å². The van der Waals surface area contributed by atoms with Crippen molar-refractivity contribution < 1.29 is 24.2 Å². The highest BCUT2D eigenvalue weighted by atomic mass is 79.9. The maximum Gasteiger partial charge on any atom is 0.338 e. The van der Waals surface area contributed by atoms with Crippen LogP contribution in [0.4, 0.5) is 0 Å². The fraction of sp³-hybridized carbons (Fsp3) is 0.161. The minimum atomic E-state index is -0.978. The van der Waals surface area contributed by atoms with Crippen molar-refractivity contribution >= 4 is 45.3 Å². The number of aromatic nitrogens is 1. The maximum absolute atomic E-state index is 13.7. The van der Waals surface area contributed by atoms with Gasteiger partial charge in [0.25, 0.3) is 5.56 Å². The summed E-state index contributed by atoms with van der Waals surface area (Å²) in [5, 5.41) is 9.06. The number of hydrogen-bond donors (Lipinski definition) is 1. The summed E-state index contributed by atoms with van der Waals surface area (Å²) in [5.41, 5.74) is 3.23. The minimum Gasteiger partial charge on any atom is -0.488 e. The Balaban J connectivity index is 1.46. The number of halogens is 1. The number of carboxylic acids is 1. The molecule has 3 aromatic carbocycles. The number of carbonyl (C=O) groups is 2. The Labute approximate surface area is 247 Å². The Morgan fingerprint density at radius 3 is 2.49 bits per heavy atom. The van der Waals surface area contributed by atoms with Gasteiger partial charge in [-0.15, -0.1) is 0 Å². The number of carboxylic acid groups (broad SMARTS) is 1. The molecular weight excluding hydrogens is 608 g/mol. The van der Waals surface area contributed by atoms with Crippen LogP contribution >= 0.6 is 27.3 Å². The van der Waals surface area contributed by atoms with E-state index in [-0.39, 0.29) is 24.3 Å². The van der Waals surface area contributed by atoms with E-state index in [1.54, 1.807) is 42.7 Å². The van der Waals surface area contributed by atoms with Crippen molar-refractivity contribution in [2.45, 2.75) is 26.5 Å². The number of nitrogens with zero attached hydrogens (tertiary/aromatic N) is 2. The Morgan fingerprint density at radius 1 is 1.10 bits per heavy atom. The fourth-order valence-corrected chi connectivity index (χ4v) is 6.08. The highest BCUT2D eigenvalue weighted by molar-refractivity contribution is 9.10. The van der Waals surface area contributed by atoms with Crippen LogP contribution in [0, 0.1) is 0 Å².